The van der Waals surface area contributed by atoms with E-state index >= 15 is 0 Å². The molecule has 0 radical (unpaired) electrons. The first-order valence-corrected chi connectivity index (χ1v) is 10.7. The van der Waals surface area contributed by atoms with E-state index in [2.05, 4.69) is 16.5 Å². The third-order valence-corrected chi connectivity index (χ3v) is 6.21. The van der Waals surface area contributed by atoms with Gasteiger partial charge in [0.05, 0.1) is 18.0 Å². The van der Waals surface area contributed by atoms with Crippen LogP contribution in [0.3, 0.4) is 0 Å². The highest BCUT2D eigenvalue weighted by atomic mass is 16.5. The number of rotatable bonds is 6. The van der Waals surface area contributed by atoms with Crippen molar-refractivity contribution in [2.45, 2.75) is 52.0 Å². The van der Waals surface area contributed by atoms with E-state index in [9.17, 15) is 15.1 Å². The molecule has 2 atom stereocenters. The van der Waals surface area contributed by atoms with Gasteiger partial charge in [0.25, 0.3) is 5.91 Å². The van der Waals surface area contributed by atoms with Crippen LogP contribution in [0.25, 0.3) is 5.57 Å². The van der Waals surface area contributed by atoms with Gasteiger partial charge in [0, 0.05) is 17.4 Å². The minimum Gasteiger partial charge on any atom is -0.532 e. The van der Waals surface area contributed by atoms with E-state index in [1.165, 1.54) is 0 Å². The third kappa shape index (κ3) is 3.79. The molecule has 1 aromatic heterocycles. The number of anilines is 2. The molecule has 0 bridgehead atoms. The fourth-order valence-corrected chi connectivity index (χ4v) is 4.64. The smallest absolute Gasteiger partial charge is 0.532 e. The maximum Gasteiger partial charge on any atom is 0.556 e. The van der Waals surface area contributed by atoms with Crippen LogP contribution in [0.5, 0.6) is 5.75 Å². The molecular weight excluding hydrogens is 393 g/mol. The number of fused-ring (bicyclic) bond motifs is 1. The summed E-state index contributed by atoms with van der Waals surface area (Å²) in [6, 6.07) is 7.83. The number of carbonyl (C=O) groups is 1. The Morgan fingerprint density at radius 1 is 1.42 bits per heavy atom. The number of aromatic nitrogens is 2. The summed E-state index contributed by atoms with van der Waals surface area (Å²) in [4.78, 5) is 12.0. The van der Waals surface area contributed by atoms with Crippen LogP contribution in [-0.4, -0.2) is 27.8 Å². The monoisotopic (exact) mass is 419 g/mol. The Balaban J connectivity index is 1.69. The van der Waals surface area contributed by atoms with Crippen LogP contribution in [0, 0.1) is 17.2 Å². The van der Waals surface area contributed by atoms with E-state index in [0.717, 1.165) is 48.0 Å². The molecule has 2 heterocycles. The molecule has 4 rings (SSSR count). The van der Waals surface area contributed by atoms with Crippen molar-refractivity contribution < 1.29 is 14.5 Å². The van der Waals surface area contributed by atoms with Gasteiger partial charge in [-0.1, -0.05) is 13.8 Å². The standard InChI is InChI=1S/C22H26BN5O3/c1-3-15-16-10-14(8-9-20(16)31-23(30)18(15)4-2)26-22-17(21(25)29)12-28(27-22)19-7-5-6-13(19)11-24/h8-10,12-13,19,30H,3-7H2,1-2H3,(H2,25,29)(H,26,27). The summed E-state index contributed by atoms with van der Waals surface area (Å²) >= 11 is 0. The number of benzene rings is 1. The molecule has 2 unspecified atom stereocenters. The van der Waals surface area contributed by atoms with Crippen LogP contribution in [-0.2, 0) is 0 Å². The van der Waals surface area contributed by atoms with Gasteiger partial charge in [0.15, 0.2) is 5.82 Å². The van der Waals surface area contributed by atoms with Crippen LogP contribution in [0.4, 0.5) is 11.5 Å². The van der Waals surface area contributed by atoms with Gasteiger partial charge in [-0.25, -0.2) is 0 Å². The number of allylic oxidation sites excluding steroid dienone is 2. The molecule has 2 aliphatic rings. The first-order chi connectivity index (χ1) is 15.0. The summed E-state index contributed by atoms with van der Waals surface area (Å²) in [6.45, 7) is 4.04. The topological polar surface area (TPSA) is 126 Å². The fourth-order valence-electron chi connectivity index (χ4n) is 4.64. The van der Waals surface area contributed by atoms with E-state index < -0.39 is 13.0 Å². The molecule has 1 aliphatic carbocycles. The molecule has 1 saturated carbocycles. The maximum atomic E-state index is 12.0. The maximum absolute atomic E-state index is 12.0. The number of carbonyl (C=O) groups excluding carboxylic acids is 1. The molecule has 1 fully saturated rings. The van der Waals surface area contributed by atoms with Crippen molar-refractivity contribution >= 4 is 30.1 Å². The molecule has 160 valence electrons. The quantitative estimate of drug-likeness (QED) is 0.615. The Morgan fingerprint density at radius 3 is 2.90 bits per heavy atom. The van der Waals surface area contributed by atoms with Crippen molar-refractivity contribution in [2.75, 3.05) is 5.32 Å². The summed E-state index contributed by atoms with van der Waals surface area (Å²) in [7, 11) is -0.928. The highest BCUT2D eigenvalue weighted by molar-refractivity contribution is 6.55. The lowest BCUT2D eigenvalue weighted by Crippen LogP contribution is -2.29. The Morgan fingerprint density at radius 2 is 2.23 bits per heavy atom. The molecule has 1 amide bonds. The molecular formula is C22H26BN5O3. The summed E-state index contributed by atoms with van der Waals surface area (Å²) in [5.41, 5.74) is 9.46. The van der Waals surface area contributed by atoms with E-state index in [1.807, 2.05) is 26.0 Å². The second-order valence-corrected chi connectivity index (χ2v) is 7.99. The number of nitriles is 1. The van der Waals surface area contributed by atoms with Gasteiger partial charge < -0.3 is 20.7 Å². The van der Waals surface area contributed by atoms with Gasteiger partial charge in [-0.2, -0.15) is 10.4 Å². The van der Waals surface area contributed by atoms with Crippen molar-refractivity contribution in [1.29, 1.82) is 5.26 Å². The fraction of sp³-hybridized carbons (Fsp3) is 0.409. The zero-order valence-corrected chi connectivity index (χ0v) is 17.8. The SMILES string of the molecule is CCC1=C(CC)c2cc(Nc3nn(C4CCCC4C#N)cc3C(N)=O)ccc2OB1O. The van der Waals surface area contributed by atoms with E-state index in [0.29, 0.717) is 18.0 Å². The van der Waals surface area contributed by atoms with Crippen molar-refractivity contribution in [2.24, 2.45) is 11.7 Å². The lowest BCUT2D eigenvalue weighted by atomic mass is 9.70. The molecule has 8 nitrogen and oxygen atoms in total. The number of nitrogens with zero attached hydrogens (tertiary/aromatic N) is 3. The minimum absolute atomic E-state index is 0.0567. The number of primary amides is 1. The van der Waals surface area contributed by atoms with Crippen LogP contribution in [0.15, 0.2) is 29.9 Å². The summed E-state index contributed by atoms with van der Waals surface area (Å²) in [5, 5.41) is 27.5. The number of nitrogens with two attached hydrogens (primary N) is 1. The lowest BCUT2D eigenvalue weighted by molar-refractivity contribution is 0.100. The van der Waals surface area contributed by atoms with E-state index in [-0.39, 0.29) is 17.5 Å². The summed E-state index contributed by atoms with van der Waals surface area (Å²) in [6.07, 6.45) is 5.73. The molecule has 0 spiro atoms. The normalized spacial score (nSPS) is 20.3. The van der Waals surface area contributed by atoms with Crippen LogP contribution in [0.1, 0.15) is 67.9 Å². The van der Waals surface area contributed by atoms with Gasteiger partial charge in [0.2, 0.25) is 0 Å². The first kappa shape index (κ1) is 21.0. The summed E-state index contributed by atoms with van der Waals surface area (Å²) in [5.74, 6) is 0.290. The lowest BCUT2D eigenvalue weighted by Gasteiger charge is -2.25. The van der Waals surface area contributed by atoms with Gasteiger partial charge >= 0.3 is 7.12 Å². The molecule has 2 aromatic rings. The Labute approximate surface area is 181 Å². The number of amides is 1. The van der Waals surface area contributed by atoms with Gasteiger partial charge in [-0.3, -0.25) is 9.48 Å². The van der Waals surface area contributed by atoms with Crippen molar-refractivity contribution in [3.05, 3.63) is 41.0 Å². The average Bonchev–Trinajstić information content (AvgIpc) is 3.39. The number of hydrogen-bond acceptors (Lipinski definition) is 6. The second-order valence-electron chi connectivity index (χ2n) is 7.99. The van der Waals surface area contributed by atoms with Gasteiger partial charge in [0.1, 0.15) is 11.3 Å². The van der Waals surface area contributed by atoms with E-state index in [4.69, 9.17) is 10.4 Å². The predicted molar refractivity (Wildman–Crippen MR) is 119 cm³/mol. The summed E-state index contributed by atoms with van der Waals surface area (Å²) < 4.78 is 7.38. The molecule has 31 heavy (non-hydrogen) atoms. The predicted octanol–water partition coefficient (Wildman–Crippen LogP) is 3.58. The molecule has 4 N–H and O–H groups in total. The Bertz CT molecular complexity index is 1090. The Kier molecular flexibility index (Phi) is 5.74. The molecule has 0 saturated heterocycles. The van der Waals surface area contributed by atoms with Crippen molar-refractivity contribution in [3.8, 4) is 11.8 Å². The van der Waals surface area contributed by atoms with Gasteiger partial charge in [-0.15, -0.1) is 0 Å². The Hall–Kier alpha value is -3.25. The van der Waals surface area contributed by atoms with Crippen molar-refractivity contribution in [1.82, 2.24) is 9.78 Å². The highest BCUT2D eigenvalue weighted by Gasteiger charge is 2.32. The minimum atomic E-state index is -0.928. The molecule has 9 heteroatoms. The molecule has 1 aliphatic heterocycles. The highest BCUT2D eigenvalue weighted by Crippen LogP contribution is 2.40. The average molecular weight is 419 g/mol. The largest absolute Gasteiger partial charge is 0.556 e. The number of hydrogen-bond donors (Lipinski definition) is 3. The zero-order chi connectivity index (χ0) is 22.1. The third-order valence-electron chi connectivity index (χ3n) is 6.21. The number of nitrogens with one attached hydrogen (secondary N) is 1. The van der Waals surface area contributed by atoms with Crippen molar-refractivity contribution in [3.63, 3.8) is 0 Å². The van der Waals surface area contributed by atoms with Crippen LogP contribution >= 0.6 is 0 Å². The van der Waals surface area contributed by atoms with E-state index in [1.54, 1.807) is 16.9 Å². The van der Waals surface area contributed by atoms with Gasteiger partial charge in [-0.05, 0) is 61.3 Å². The first-order valence-electron chi connectivity index (χ1n) is 10.7. The molecule has 1 aromatic carbocycles. The van der Waals surface area contributed by atoms with Crippen LogP contribution < -0.4 is 15.7 Å². The van der Waals surface area contributed by atoms with Crippen LogP contribution in [0.2, 0.25) is 0 Å². The zero-order valence-electron chi connectivity index (χ0n) is 17.8. The second kappa shape index (κ2) is 8.48.